The van der Waals surface area contributed by atoms with Crippen LogP contribution >= 0.6 is 0 Å². The number of likely N-dealkylation sites (tertiary alicyclic amines) is 1. The number of hydrogen-bond acceptors (Lipinski definition) is 7. The van der Waals surface area contributed by atoms with E-state index in [0.29, 0.717) is 44.2 Å². The van der Waals surface area contributed by atoms with Crippen LogP contribution in [0.25, 0.3) is 0 Å². The predicted octanol–water partition coefficient (Wildman–Crippen LogP) is 3.46. The first-order chi connectivity index (χ1) is 24.7. The minimum absolute atomic E-state index is 0.0217. The molecule has 1 saturated heterocycles. The molecule has 1 heterocycles. The molecule has 2 rings (SSSR count). The summed E-state index contributed by atoms with van der Waals surface area (Å²) in [4.78, 5) is 94.1. The second kappa shape index (κ2) is 25.5. The standard InChI is InChI=1S/C34H53N7O7.2C2H6/c1-8-22(9-2)19-25(37-30(44)26-17-14-18-41(26)32(46)24(10-3)38-34(48)36-21(4)5)29(43)31(45)35-20-27(42)39-28(33(47)40(6)7)23-15-12-11-13-16-23;2*1-2/h11-13,15-16,21-22,24-26,28H,8-10,14,17-20H2,1-7H3,(H,35,45)(H,37,44)(H,39,42)(H2,36,38,48);2*1-2H3. The average Bonchev–Trinajstić information content (AvgIpc) is 3.64. The van der Waals surface area contributed by atoms with Crippen molar-refractivity contribution in [3.63, 3.8) is 0 Å². The molecule has 0 spiro atoms. The molecule has 7 amide bonds. The van der Waals surface area contributed by atoms with Crippen LogP contribution in [0.3, 0.4) is 0 Å². The molecule has 0 aliphatic carbocycles. The zero-order chi connectivity index (χ0) is 40.0. The number of carbonyl (C=O) groups excluding carboxylic acids is 7. The molecule has 1 aliphatic heterocycles. The Labute approximate surface area is 311 Å². The topological polar surface area (TPSA) is 186 Å². The summed E-state index contributed by atoms with van der Waals surface area (Å²) in [5.74, 6) is -3.96. The molecule has 52 heavy (non-hydrogen) atoms. The van der Waals surface area contributed by atoms with Crippen molar-refractivity contribution in [2.75, 3.05) is 27.2 Å². The van der Waals surface area contributed by atoms with Crippen LogP contribution in [0.1, 0.15) is 112 Å². The summed E-state index contributed by atoms with van der Waals surface area (Å²) < 4.78 is 0. The fourth-order valence-corrected chi connectivity index (χ4v) is 5.57. The van der Waals surface area contributed by atoms with Crippen molar-refractivity contribution in [2.45, 2.75) is 131 Å². The third-order valence-electron chi connectivity index (χ3n) is 8.39. The molecule has 0 saturated carbocycles. The highest BCUT2D eigenvalue weighted by Crippen LogP contribution is 2.21. The Kier molecular flexibility index (Phi) is 23.3. The second-order valence-corrected chi connectivity index (χ2v) is 12.6. The third kappa shape index (κ3) is 15.4. The number of Topliss-reactive ketones (excluding diaryl/α,β-unsaturated/α-hetero) is 1. The molecule has 0 aromatic heterocycles. The largest absolute Gasteiger partial charge is 0.347 e. The molecule has 14 heteroatoms. The SMILES string of the molecule is CC.CC.CCC(CC)CC(NC(=O)C1CCCN1C(=O)C(CC)NC(=O)NC(C)C)C(=O)C(=O)NCC(=O)NC(C(=O)N(C)C)c1ccccc1. The Hall–Kier alpha value is -4.49. The molecular weight excluding hydrogens is 666 g/mol. The Morgan fingerprint density at radius 1 is 0.808 bits per heavy atom. The second-order valence-electron chi connectivity index (χ2n) is 12.6. The van der Waals surface area contributed by atoms with E-state index in [2.05, 4.69) is 26.6 Å². The van der Waals surface area contributed by atoms with Gasteiger partial charge in [0.2, 0.25) is 29.4 Å². The molecule has 1 fully saturated rings. The van der Waals surface area contributed by atoms with Gasteiger partial charge in [-0.25, -0.2) is 4.79 Å². The summed E-state index contributed by atoms with van der Waals surface area (Å²) in [7, 11) is 3.12. The van der Waals surface area contributed by atoms with Gasteiger partial charge in [-0.2, -0.15) is 0 Å². The van der Waals surface area contributed by atoms with Crippen LogP contribution in [0, 0.1) is 5.92 Å². The van der Waals surface area contributed by atoms with Gasteiger partial charge in [0.1, 0.15) is 18.1 Å². The van der Waals surface area contributed by atoms with Gasteiger partial charge in [0, 0.05) is 26.7 Å². The first-order valence-corrected chi connectivity index (χ1v) is 18.8. The van der Waals surface area contributed by atoms with Crippen molar-refractivity contribution in [3.05, 3.63) is 35.9 Å². The number of rotatable bonds is 17. The van der Waals surface area contributed by atoms with Gasteiger partial charge in [0.05, 0.1) is 12.6 Å². The summed E-state index contributed by atoms with van der Waals surface area (Å²) >= 11 is 0. The van der Waals surface area contributed by atoms with Crippen LogP contribution in [-0.2, 0) is 28.8 Å². The quantitative estimate of drug-likeness (QED) is 0.152. The number of urea groups is 1. The lowest BCUT2D eigenvalue weighted by atomic mass is 9.92. The third-order valence-corrected chi connectivity index (χ3v) is 8.39. The molecule has 0 bridgehead atoms. The van der Waals surface area contributed by atoms with E-state index in [-0.39, 0.29) is 24.3 Å². The van der Waals surface area contributed by atoms with E-state index in [1.807, 2.05) is 41.5 Å². The van der Waals surface area contributed by atoms with E-state index < -0.39 is 66.2 Å². The number of nitrogens with zero attached hydrogens (tertiary/aromatic N) is 2. The van der Waals surface area contributed by atoms with Gasteiger partial charge < -0.3 is 36.4 Å². The lowest BCUT2D eigenvalue weighted by Gasteiger charge is -2.30. The van der Waals surface area contributed by atoms with Gasteiger partial charge in [0.15, 0.2) is 0 Å². The number of nitrogens with one attached hydrogen (secondary N) is 5. The van der Waals surface area contributed by atoms with Crippen molar-refractivity contribution in [3.8, 4) is 0 Å². The fraction of sp³-hybridized carbons (Fsp3) is 0.658. The number of likely N-dealkylation sites (N-methyl/N-ethyl adjacent to an activating group) is 1. The van der Waals surface area contributed by atoms with Crippen molar-refractivity contribution in [2.24, 2.45) is 5.92 Å². The summed E-state index contributed by atoms with van der Waals surface area (Å²) in [5, 5.41) is 13.0. The van der Waals surface area contributed by atoms with Crippen LogP contribution in [0.5, 0.6) is 0 Å². The molecular formula is C38H65N7O7. The maximum atomic E-state index is 13.6. The molecule has 294 valence electrons. The number of ketones is 1. The van der Waals surface area contributed by atoms with Gasteiger partial charge in [-0.05, 0) is 51.0 Å². The molecule has 1 aromatic carbocycles. The number of amides is 7. The van der Waals surface area contributed by atoms with Gasteiger partial charge >= 0.3 is 6.03 Å². The minimum Gasteiger partial charge on any atom is -0.347 e. The van der Waals surface area contributed by atoms with Crippen LogP contribution in [0.2, 0.25) is 0 Å². The van der Waals surface area contributed by atoms with Crippen molar-refractivity contribution in [1.29, 1.82) is 0 Å². The normalized spacial score (nSPS) is 15.0. The van der Waals surface area contributed by atoms with E-state index in [1.54, 1.807) is 65.2 Å². The van der Waals surface area contributed by atoms with Crippen LogP contribution < -0.4 is 26.6 Å². The lowest BCUT2D eigenvalue weighted by molar-refractivity contribution is -0.143. The Balaban J connectivity index is 0.00000627. The van der Waals surface area contributed by atoms with Crippen molar-refractivity contribution < 1.29 is 33.6 Å². The van der Waals surface area contributed by atoms with Gasteiger partial charge in [-0.1, -0.05) is 91.6 Å². The summed E-state index contributed by atoms with van der Waals surface area (Å²) in [6, 6.07) is 4.13. The molecule has 5 N–H and O–H groups in total. The van der Waals surface area contributed by atoms with Gasteiger partial charge in [-0.15, -0.1) is 0 Å². The first kappa shape index (κ1) is 47.5. The van der Waals surface area contributed by atoms with Gasteiger partial charge in [-0.3, -0.25) is 28.8 Å². The van der Waals surface area contributed by atoms with E-state index in [1.165, 1.54) is 9.80 Å². The maximum Gasteiger partial charge on any atom is 0.315 e. The van der Waals surface area contributed by atoms with Crippen LogP contribution in [-0.4, -0.2) is 103 Å². The Bertz CT molecular complexity index is 1290. The average molecular weight is 732 g/mol. The molecule has 0 radical (unpaired) electrons. The first-order valence-electron chi connectivity index (χ1n) is 18.8. The molecule has 14 nitrogen and oxygen atoms in total. The monoisotopic (exact) mass is 731 g/mol. The summed E-state index contributed by atoms with van der Waals surface area (Å²) in [5.41, 5.74) is 0.555. The zero-order valence-electron chi connectivity index (χ0n) is 33.3. The molecule has 1 aromatic rings. The van der Waals surface area contributed by atoms with E-state index in [0.717, 1.165) is 0 Å². The highest BCUT2D eigenvalue weighted by atomic mass is 16.2. The van der Waals surface area contributed by atoms with E-state index >= 15 is 0 Å². The number of hydrogen-bond donors (Lipinski definition) is 5. The summed E-state index contributed by atoms with van der Waals surface area (Å²) in [6.07, 6.45) is 2.83. The fourth-order valence-electron chi connectivity index (χ4n) is 5.57. The predicted molar refractivity (Wildman–Crippen MR) is 203 cm³/mol. The Morgan fingerprint density at radius 3 is 1.92 bits per heavy atom. The lowest BCUT2D eigenvalue weighted by Crippen LogP contribution is -2.57. The summed E-state index contributed by atoms with van der Waals surface area (Å²) in [6.45, 7) is 17.0. The van der Waals surface area contributed by atoms with Crippen LogP contribution in [0.4, 0.5) is 4.79 Å². The van der Waals surface area contributed by atoms with E-state index in [9.17, 15) is 33.6 Å². The van der Waals surface area contributed by atoms with Crippen molar-refractivity contribution in [1.82, 2.24) is 36.4 Å². The highest BCUT2D eigenvalue weighted by Gasteiger charge is 2.39. The van der Waals surface area contributed by atoms with Crippen LogP contribution in [0.15, 0.2) is 30.3 Å². The zero-order valence-corrected chi connectivity index (χ0v) is 33.3. The molecule has 4 unspecified atom stereocenters. The minimum atomic E-state index is -1.19. The Morgan fingerprint density at radius 2 is 1.40 bits per heavy atom. The smallest absolute Gasteiger partial charge is 0.315 e. The highest BCUT2D eigenvalue weighted by molar-refractivity contribution is 6.38. The van der Waals surface area contributed by atoms with E-state index in [4.69, 9.17) is 0 Å². The van der Waals surface area contributed by atoms with Crippen molar-refractivity contribution >= 4 is 41.4 Å². The van der Waals surface area contributed by atoms with Gasteiger partial charge in [0.25, 0.3) is 5.91 Å². The molecule has 1 aliphatic rings. The number of carbonyl (C=O) groups is 7. The molecule has 4 atom stereocenters. The number of benzene rings is 1. The maximum absolute atomic E-state index is 13.6.